The van der Waals surface area contributed by atoms with E-state index in [9.17, 15) is 4.79 Å². The predicted molar refractivity (Wildman–Crippen MR) is 84.0 cm³/mol. The van der Waals surface area contributed by atoms with Crippen LogP contribution in [0.4, 0.5) is 0 Å². The van der Waals surface area contributed by atoms with Gasteiger partial charge in [0, 0.05) is 29.1 Å². The highest BCUT2D eigenvalue weighted by Gasteiger charge is 2.39. The van der Waals surface area contributed by atoms with Crippen LogP contribution in [0.1, 0.15) is 35.2 Å². The fourth-order valence-corrected chi connectivity index (χ4v) is 3.54. The van der Waals surface area contributed by atoms with E-state index in [-0.39, 0.29) is 24.4 Å². The summed E-state index contributed by atoms with van der Waals surface area (Å²) in [4.78, 5) is 12.3. The zero-order chi connectivity index (χ0) is 13.7. The SMILES string of the molecule is Cc1coc2cc(C(=O)N[C@@H]3C[C@H]4CC[C@@H]3N4)ccc12.Cl. The molecule has 2 fully saturated rings. The number of halogens is 1. The van der Waals surface area contributed by atoms with Crippen LogP contribution in [0.25, 0.3) is 11.0 Å². The Kier molecular flexibility index (Phi) is 3.68. The van der Waals surface area contributed by atoms with Gasteiger partial charge in [0.1, 0.15) is 5.58 Å². The summed E-state index contributed by atoms with van der Waals surface area (Å²) >= 11 is 0. The van der Waals surface area contributed by atoms with Crippen molar-refractivity contribution in [2.75, 3.05) is 0 Å². The molecule has 2 aliphatic heterocycles. The number of nitrogens with one attached hydrogen (secondary N) is 2. The Balaban J connectivity index is 0.00000132. The fraction of sp³-hybridized carbons (Fsp3) is 0.438. The van der Waals surface area contributed by atoms with Crippen LogP contribution in [-0.2, 0) is 0 Å². The second-order valence-corrected chi connectivity index (χ2v) is 5.99. The van der Waals surface area contributed by atoms with E-state index in [0.29, 0.717) is 17.6 Å². The van der Waals surface area contributed by atoms with Crippen molar-refractivity contribution >= 4 is 29.3 Å². The zero-order valence-corrected chi connectivity index (χ0v) is 12.7. The number of benzene rings is 1. The standard InChI is InChI=1S/C16H18N2O2.ClH/c1-9-8-20-15-6-10(2-4-12(9)15)16(19)18-14-7-11-3-5-13(14)17-11;/h2,4,6,8,11,13-14,17H,3,5,7H2,1H3,(H,18,19);1H/t11-,13+,14-;/m1./s1. The first-order chi connectivity index (χ1) is 9.70. The number of carbonyl (C=O) groups is 1. The van der Waals surface area contributed by atoms with E-state index in [2.05, 4.69) is 10.6 Å². The molecule has 0 radical (unpaired) electrons. The molecule has 2 bridgehead atoms. The van der Waals surface area contributed by atoms with Crippen LogP contribution in [0.5, 0.6) is 0 Å². The number of aryl methyl sites for hydroxylation is 1. The van der Waals surface area contributed by atoms with E-state index in [0.717, 1.165) is 23.0 Å². The first-order valence-electron chi connectivity index (χ1n) is 7.25. The Hall–Kier alpha value is -1.52. The molecule has 2 aromatic rings. The first-order valence-corrected chi connectivity index (χ1v) is 7.25. The third-order valence-corrected chi connectivity index (χ3v) is 4.65. The number of rotatable bonds is 2. The average molecular weight is 307 g/mol. The van der Waals surface area contributed by atoms with E-state index in [1.54, 1.807) is 6.26 Å². The van der Waals surface area contributed by atoms with Crippen LogP contribution in [0, 0.1) is 6.92 Å². The fourth-order valence-electron chi connectivity index (χ4n) is 3.54. The van der Waals surface area contributed by atoms with Crippen molar-refractivity contribution in [2.45, 2.75) is 44.3 Å². The molecule has 2 N–H and O–H groups in total. The van der Waals surface area contributed by atoms with Crippen molar-refractivity contribution in [3.05, 3.63) is 35.6 Å². The maximum atomic E-state index is 12.3. The van der Waals surface area contributed by atoms with E-state index in [1.165, 1.54) is 12.8 Å². The van der Waals surface area contributed by atoms with Crippen LogP contribution in [-0.4, -0.2) is 24.0 Å². The topological polar surface area (TPSA) is 54.3 Å². The van der Waals surface area contributed by atoms with Gasteiger partial charge in [-0.25, -0.2) is 0 Å². The van der Waals surface area contributed by atoms with Gasteiger partial charge in [0.15, 0.2) is 0 Å². The Morgan fingerprint density at radius 1 is 1.38 bits per heavy atom. The molecule has 4 nitrogen and oxygen atoms in total. The van der Waals surface area contributed by atoms with Gasteiger partial charge in [-0.15, -0.1) is 12.4 Å². The van der Waals surface area contributed by atoms with Gasteiger partial charge in [-0.2, -0.15) is 0 Å². The number of hydrogen-bond donors (Lipinski definition) is 2. The van der Waals surface area contributed by atoms with Gasteiger partial charge in [0.2, 0.25) is 0 Å². The molecule has 1 amide bonds. The van der Waals surface area contributed by atoms with E-state index >= 15 is 0 Å². The molecule has 112 valence electrons. The lowest BCUT2D eigenvalue weighted by Gasteiger charge is -2.21. The Morgan fingerprint density at radius 3 is 2.95 bits per heavy atom. The maximum Gasteiger partial charge on any atom is 0.251 e. The molecular weight excluding hydrogens is 288 g/mol. The molecule has 3 atom stereocenters. The lowest BCUT2D eigenvalue weighted by atomic mass is 9.95. The molecule has 0 saturated carbocycles. The number of fused-ring (bicyclic) bond motifs is 3. The summed E-state index contributed by atoms with van der Waals surface area (Å²) in [6.45, 7) is 2.01. The van der Waals surface area contributed by atoms with Gasteiger partial charge >= 0.3 is 0 Å². The lowest BCUT2D eigenvalue weighted by molar-refractivity contribution is 0.0931. The number of amides is 1. The Labute approximate surface area is 129 Å². The van der Waals surface area contributed by atoms with Crippen LogP contribution in [0.15, 0.2) is 28.9 Å². The number of hydrogen-bond acceptors (Lipinski definition) is 3. The van der Waals surface area contributed by atoms with Gasteiger partial charge in [0.25, 0.3) is 5.91 Å². The summed E-state index contributed by atoms with van der Waals surface area (Å²) in [7, 11) is 0. The van der Waals surface area contributed by atoms with E-state index in [4.69, 9.17) is 4.42 Å². The summed E-state index contributed by atoms with van der Waals surface area (Å²) in [6.07, 6.45) is 5.20. The van der Waals surface area contributed by atoms with Gasteiger partial charge in [0.05, 0.1) is 6.26 Å². The third-order valence-electron chi connectivity index (χ3n) is 4.65. The van der Waals surface area contributed by atoms with Crippen LogP contribution >= 0.6 is 12.4 Å². The van der Waals surface area contributed by atoms with Crippen molar-refractivity contribution in [3.63, 3.8) is 0 Å². The van der Waals surface area contributed by atoms with Crippen molar-refractivity contribution in [3.8, 4) is 0 Å². The third kappa shape index (κ3) is 2.43. The zero-order valence-electron chi connectivity index (χ0n) is 11.9. The van der Waals surface area contributed by atoms with Gasteiger partial charge in [-0.3, -0.25) is 4.79 Å². The highest BCUT2D eigenvalue weighted by atomic mass is 35.5. The minimum atomic E-state index is 0. The second-order valence-electron chi connectivity index (χ2n) is 5.99. The molecule has 2 aliphatic rings. The van der Waals surface area contributed by atoms with Gasteiger partial charge in [-0.05, 0) is 43.9 Å². The van der Waals surface area contributed by atoms with Crippen molar-refractivity contribution < 1.29 is 9.21 Å². The minimum absolute atomic E-state index is 0. The minimum Gasteiger partial charge on any atom is -0.464 e. The molecule has 21 heavy (non-hydrogen) atoms. The molecule has 0 aliphatic carbocycles. The van der Waals surface area contributed by atoms with Crippen molar-refractivity contribution in [1.82, 2.24) is 10.6 Å². The molecule has 1 aromatic carbocycles. The summed E-state index contributed by atoms with van der Waals surface area (Å²) in [5, 5.41) is 7.76. The quantitative estimate of drug-likeness (QED) is 0.897. The van der Waals surface area contributed by atoms with Gasteiger partial charge < -0.3 is 15.1 Å². The molecule has 4 rings (SSSR count). The monoisotopic (exact) mass is 306 g/mol. The van der Waals surface area contributed by atoms with Gasteiger partial charge in [-0.1, -0.05) is 6.07 Å². The molecule has 1 aromatic heterocycles. The van der Waals surface area contributed by atoms with Crippen molar-refractivity contribution in [1.29, 1.82) is 0 Å². The normalized spacial score (nSPS) is 26.8. The summed E-state index contributed by atoms with van der Waals surface area (Å²) in [5.41, 5.74) is 2.56. The van der Waals surface area contributed by atoms with Crippen LogP contribution < -0.4 is 10.6 Å². The predicted octanol–water partition coefficient (Wildman–Crippen LogP) is 2.79. The van der Waals surface area contributed by atoms with Crippen LogP contribution in [0.3, 0.4) is 0 Å². The summed E-state index contributed by atoms with van der Waals surface area (Å²) < 4.78 is 5.47. The molecular formula is C16H19ClN2O2. The second kappa shape index (κ2) is 5.35. The maximum absolute atomic E-state index is 12.3. The Bertz CT molecular complexity index is 682. The average Bonchev–Trinajstić information content (AvgIpc) is 3.14. The molecule has 3 heterocycles. The highest BCUT2D eigenvalue weighted by molar-refractivity contribution is 5.98. The molecule has 0 spiro atoms. The smallest absolute Gasteiger partial charge is 0.251 e. The lowest BCUT2D eigenvalue weighted by Crippen LogP contribution is -2.42. The summed E-state index contributed by atoms with van der Waals surface area (Å²) in [6, 6.07) is 7.00. The van der Waals surface area contributed by atoms with Crippen LogP contribution in [0.2, 0.25) is 0 Å². The number of furan rings is 1. The summed E-state index contributed by atoms with van der Waals surface area (Å²) in [5.74, 6) is 0.000281. The largest absolute Gasteiger partial charge is 0.464 e. The number of carbonyl (C=O) groups excluding carboxylic acids is 1. The molecule has 5 heteroatoms. The van der Waals surface area contributed by atoms with E-state index < -0.39 is 0 Å². The van der Waals surface area contributed by atoms with E-state index in [1.807, 2.05) is 25.1 Å². The first kappa shape index (κ1) is 14.4. The Morgan fingerprint density at radius 2 is 2.24 bits per heavy atom. The van der Waals surface area contributed by atoms with Crippen molar-refractivity contribution in [2.24, 2.45) is 0 Å². The molecule has 0 unspecified atom stereocenters. The highest BCUT2D eigenvalue weighted by Crippen LogP contribution is 2.28. The molecule has 2 saturated heterocycles.